The lowest BCUT2D eigenvalue weighted by molar-refractivity contribution is -0.123. The van der Waals surface area contributed by atoms with Crippen LogP contribution in [0, 0.1) is 6.92 Å². The van der Waals surface area contributed by atoms with Gasteiger partial charge in [0.15, 0.2) is 0 Å². The van der Waals surface area contributed by atoms with Gasteiger partial charge in [0.2, 0.25) is 15.9 Å². The maximum atomic E-state index is 13.2. The van der Waals surface area contributed by atoms with Gasteiger partial charge in [-0.05, 0) is 38.0 Å². The molecule has 152 valence electrons. The maximum absolute atomic E-state index is 13.2. The second-order valence-corrected chi connectivity index (χ2v) is 9.30. The van der Waals surface area contributed by atoms with Crippen LogP contribution in [0.2, 0.25) is 0 Å². The number of fused-ring (bicyclic) bond motifs is 1. The van der Waals surface area contributed by atoms with Crippen molar-refractivity contribution in [1.29, 1.82) is 0 Å². The van der Waals surface area contributed by atoms with Crippen molar-refractivity contribution in [3.63, 3.8) is 0 Å². The average Bonchev–Trinajstić information content (AvgIpc) is 2.67. The number of sulfonamides is 1. The fourth-order valence-corrected chi connectivity index (χ4v) is 4.93. The summed E-state index contributed by atoms with van der Waals surface area (Å²) < 4.78 is 27.9. The van der Waals surface area contributed by atoms with Crippen molar-refractivity contribution in [2.75, 3.05) is 32.7 Å². The Balaban J connectivity index is 1.70. The van der Waals surface area contributed by atoms with E-state index in [9.17, 15) is 13.2 Å². The minimum absolute atomic E-state index is 0.0146. The largest absolute Gasteiger partial charge is 0.353 e. The van der Waals surface area contributed by atoms with Crippen molar-refractivity contribution in [1.82, 2.24) is 19.5 Å². The first-order valence-electron chi connectivity index (χ1n) is 9.68. The number of nitrogens with zero attached hydrogens (tertiary/aromatic N) is 3. The van der Waals surface area contributed by atoms with Crippen molar-refractivity contribution >= 4 is 26.8 Å². The number of amides is 1. The highest BCUT2D eigenvalue weighted by atomic mass is 32.2. The zero-order chi connectivity index (χ0) is 20.3. The van der Waals surface area contributed by atoms with Crippen LogP contribution in [-0.4, -0.2) is 67.3 Å². The van der Waals surface area contributed by atoms with Crippen LogP contribution in [0.1, 0.15) is 25.8 Å². The van der Waals surface area contributed by atoms with Gasteiger partial charge in [0.05, 0.1) is 12.1 Å². The summed E-state index contributed by atoms with van der Waals surface area (Å²) in [6.07, 6.45) is 2.57. The van der Waals surface area contributed by atoms with E-state index >= 15 is 0 Å². The van der Waals surface area contributed by atoms with Crippen LogP contribution in [-0.2, 0) is 14.8 Å². The summed E-state index contributed by atoms with van der Waals surface area (Å²) in [5.41, 5.74) is 1.50. The molecule has 0 spiro atoms. The molecule has 1 aromatic heterocycles. The molecule has 1 unspecified atom stereocenters. The SMILES string of the molecule is CCC(C)NC(=O)CN1CCN(S(=O)(=O)c2cccc3cc(C)cnc23)CC1. The molecular formula is C20H28N4O3S. The van der Waals surface area contributed by atoms with Crippen molar-refractivity contribution in [3.8, 4) is 0 Å². The van der Waals surface area contributed by atoms with Gasteiger partial charge >= 0.3 is 0 Å². The Kier molecular flexibility index (Phi) is 6.32. The molecule has 0 saturated carbocycles. The van der Waals surface area contributed by atoms with E-state index in [1.807, 2.05) is 37.8 Å². The number of hydrogen-bond acceptors (Lipinski definition) is 5. The molecule has 1 N–H and O–H groups in total. The third kappa shape index (κ3) is 4.51. The molecule has 3 rings (SSSR count). The molecule has 2 heterocycles. The fourth-order valence-electron chi connectivity index (χ4n) is 3.34. The molecular weight excluding hydrogens is 376 g/mol. The summed E-state index contributed by atoms with van der Waals surface area (Å²) in [4.78, 5) is 18.7. The molecule has 7 nitrogen and oxygen atoms in total. The predicted molar refractivity (Wildman–Crippen MR) is 110 cm³/mol. The predicted octanol–water partition coefficient (Wildman–Crippen LogP) is 1.76. The highest BCUT2D eigenvalue weighted by Gasteiger charge is 2.30. The molecule has 2 aromatic rings. The number of carbonyl (C=O) groups excluding carboxylic acids is 1. The fraction of sp³-hybridized carbons (Fsp3) is 0.500. The number of aromatic nitrogens is 1. The summed E-state index contributed by atoms with van der Waals surface area (Å²) in [5.74, 6) is -0.0146. The Labute approximate surface area is 166 Å². The summed E-state index contributed by atoms with van der Waals surface area (Å²) in [7, 11) is -3.63. The van der Waals surface area contributed by atoms with Gasteiger partial charge in [-0.25, -0.2) is 8.42 Å². The second kappa shape index (κ2) is 8.55. The van der Waals surface area contributed by atoms with E-state index < -0.39 is 10.0 Å². The molecule has 0 radical (unpaired) electrons. The third-order valence-electron chi connectivity index (χ3n) is 5.15. The van der Waals surface area contributed by atoms with Crippen LogP contribution >= 0.6 is 0 Å². The van der Waals surface area contributed by atoms with E-state index in [2.05, 4.69) is 10.3 Å². The molecule has 0 aliphatic carbocycles. The lowest BCUT2D eigenvalue weighted by Crippen LogP contribution is -2.51. The first kappa shape index (κ1) is 20.7. The van der Waals surface area contributed by atoms with Gasteiger partial charge in [-0.1, -0.05) is 19.1 Å². The van der Waals surface area contributed by atoms with Gasteiger partial charge in [0.1, 0.15) is 4.90 Å². The van der Waals surface area contributed by atoms with E-state index in [-0.39, 0.29) is 16.8 Å². The average molecular weight is 405 g/mol. The number of hydrogen-bond donors (Lipinski definition) is 1. The minimum atomic E-state index is -3.63. The molecule has 8 heteroatoms. The van der Waals surface area contributed by atoms with Crippen molar-refractivity contribution < 1.29 is 13.2 Å². The van der Waals surface area contributed by atoms with E-state index in [1.54, 1.807) is 18.3 Å². The normalized spacial score (nSPS) is 17.5. The second-order valence-electron chi connectivity index (χ2n) is 7.40. The zero-order valence-electron chi connectivity index (χ0n) is 16.7. The molecule has 1 aromatic carbocycles. The van der Waals surface area contributed by atoms with E-state index in [1.165, 1.54) is 4.31 Å². The lowest BCUT2D eigenvalue weighted by atomic mass is 10.2. The van der Waals surface area contributed by atoms with Crippen molar-refractivity contribution in [3.05, 3.63) is 36.0 Å². The van der Waals surface area contributed by atoms with Crippen LogP contribution in [0.3, 0.4) is 0 Å². The van der Waals surface area contributed by atoms with Gasteiger partial charge in [-0.15, -0.1) is 0 Å². The number of piperazine rings is 1. The molecule has 1 saturated heterocycles. The number of nitrogens with one attached hydrogen (secondary N) is 1. The number of aryl methyl sites for hydroxylation is 1. The molecule has 1 fully saturated rings. The van der Waals surface area contributed by atoms with Gasteiger partial charge < -0.3 is 5.32 Å². The van der Waals surface area contributed by atoms with Crippen molar-refractivity contribution in [2.45, 2.75) is 38.1 Å². The number of para-hydroxylation sites is 1. The minimum Gasteiger partial charge on any atom is -0.353 e. The highest BCUT2D eigenvalue weighted by Crippen LogP contribution is 2.25. The Hall–Kier alpha value is -2.03. The number of benzene rings is 1. The smallest absolute Gasteiger partial charge is 0.245 e. The van der Waals surface area contributed by atoms with Gasteiger partial charge in [0.25, 0.3) is 0 Å². The van der Waals surface area contributed by atoms with Crippen molar-refractivity contribution in [2.24, 2.45) is 0 Å². The van der Waals surface area contributed by atoms with Gasteiger partial charge in [0, 0.05) is 43.8 Å². The van der Waals surface area contributed by atoms with Crippen LogP contribution in [0.5, 0.6) is 0 Å². The topological polar surface area (TPSA) is 82.6 Å². The van der Waals surface area contributed by atoms with Gasteiger partial charge in [-0.3, -0.25) is 14.7 Å². The number of rotatable bonds is 6. The van der Waals surface area contributed by atoms with E-state index in [0.29, 0.717) is 38.2 Å². The standard InChI is InChI=1S/C20H28N4O3S/c1-4-16(3)22-19(25)14-23-8-10-24(11-9-23)28(26,27)18-7-5-6-17-12-15(2)13-21-20(17)18/h5-7,12-13,16H,4,8-11,14H2,1-3H3,(H,22,25). The van der Waals surface area contributed by atoms with Crippen LogP contribution < -0.4 is 5.32 Å². The molecule has 1 atom stereocenters. The molecule has 1 amide bonds. The first-order chi connectivity index (χ1) is 13.3. The van der Waals surface area contributed by atoms with Crippen LogP contribution in [0.4, 0.5) is 0 Å². The highest BCUT2D eigenvalue weighted by molar-refractivity contribution is 7.89. The molecule has 28 heavy (non-hydrogen) atoms. The van der Waals surface area contributed by atoms with E-state index in [4.69, 9.17) is 0 Å². The monoisotopic (exact) mass is 404 g/mol. The molecule has 1 aliphatic rings. The summed E-state index contributed by atoms with van der Waals surface area (Å²) in [5, 5.41) is 3.77. The summed E-state index contributed by atoms with van der Waals surface area (Å²) in [6, 6.07) is 7.34. The first-order valence-corrected chi connectivity index (χ1v) is 11.1. The van der Waals surface area contributed by atoms with Gasteiger partial charge in [-0.2, -0.15) is 4.31 Å². The third-order valence-corrected chi connectivity index (χ3v) is 7.08. The molecule has 0 bridgehead atoms. The Morgan fingerprint density at radius 3 is 2.64 bits per heavy atom. The maximum Gasteiger partial charge on any atom is 0.245 e. The lowest BCUT2D eigenvalue weighted by Gasteiger charge is -2.33. The Morgan fingerprint density at radius 2 is 1.96 bits per heavy atom. The molecule has 1 aliphatic heterocycles. The quantitative estimate of drug-likeness (QED) is 0.793. The Bertz CT molecular complexity index is 953. The summed E-state index contributed by atoms with van der Waals surface area (Å²) in [6.45, 7) is 8.02. The van der Waals surface area contributed by atoms with Crippen LogP contribution in [0.25, 0.3) is 10.9 Å². The summed E-state index contributed by atoms with van der Waals surface area (Å²) >= 11 is 0. The number of carbonyl (C=O) groups is 1. The van der Waals surface area contributed by atoms with E-state index in [0.717, 1.165) is 17.4 Å². The Morgan fingerprint density at radius 1 is 1.25 bits per heavy atom. The number of pyridine rings is 1. The van der Waals surface area contributed by atoms with Crippen LogP contribution in [0.15, 0.2) is 35.4 Å². The zero-order valence-corrected chi connectivity index (χ0v) is 17.5.